The summed E-state index contributed by atoms with van der Waals surface area (Å²) in [4.78, 5) is 11.5. The molecule has 0 aliphatic carbocycles. The Kier molecular flexibility index (Phi) is 3.90. The number of amides is 1. The number of aryl methyl sites for hydroxylation is 2. The molecule has 1 rings (SSSR count). The Labute approximate surface area is 95.8 Å². The molecule has 1 aromatic rings. The monoisotopic (exact) mass is 222 g/mol. The third-order valence-corrected chi connectivity index (χ3v) is 2.55. The Hall–Kier alpha value is -1.55. The summed E-state index contributed by atoms with van der Waals surface area (Å²) < 4.78 is 5.26. The Morgan fingerprint density at radius 1 is 1.44 bits per heavy atom. The lowest BCUT2D eigenvalue weighted by atomic mass is 9.98. The van der Waals surface area contributed by atoms with Gasteiger partial charge >= 0.3 is 0 Å². The molecule has 0 radical (unpaired) electrons. The van der Waals surface area contributed by atoms with Crippen LogP contribution in [-0.2, 0) is 4.79 Å². The van der Waals surface area contributed by atoms with Gasteiger partial charge in [0.15, 0.2) is 0 Å². The van der Waals surface area contributed by atoms with E-state index >= 15 is 0 Å². The van der Waals surface area contributed by atoms with Crippen LogP contribution in [0.15, 0.2) is 12.1 Å². The summed E-state index contributed by atoms with van der Waals surface area (Å²) in [6, 6.07) is 3.17. The van der Waals surface area contributed by atoms with Crippen LogP contribution in [0.4, 0.5) is 0 Å². The molecule has 0 saturated heterocycles. The number of nitrogens with two attached hydrogens (primary N) is 1. The number of carbonyl (C=O) groups excluding carboxylic acids is 1. The number of nitrogens with one attached hydrogen (secondary N) is 1. The van der Waals surface area contributed by atoms with E-state index in [0.29, 0.717) is 5.75 Å². The van der Waals surface area contributed by atoms with Crippen LogP contribution in [0.1, 0.15) is 22.7 Å². The largest absolute Gasteiger partial charge is 0.496 e. The second-order valence-corrected chi connectivity index (χ2v) is 3.79. The number of likely N-dealkylation sites (N-methyl/N-ethyl adjacent to an activating group) is 1. The minimum Gasteiger partial charge on any atom is -0.496 e. The van der Waals surface area contributed by atoms with Gasteiger partial charge in [-0.25, -0.2) is 0 Å². The first-order valence-electron chi connectivity index (χ1n) is 5.13. The van der Waals surface area contributed by atoms with Crippen molar-refractivity contribution >= 4 is 5.91 Å². The summed E-state index contributed by atoms with van der Waals surface area (Å²) in [6.45, 7) is 3.90. The molecule has 1 amide bonds. The van der Waals surface area contributed by atoms with Gasteiger partial charge in [0, 0.05) is 12.6 Å². The van der Waals surface area contributed by atoms with E-state index in [4.69, 9.17) is 10.5 Å². The van der Waals surface area contributed by atoms with Crippen LogP contribution in [0.25, 0.3) is 0 Å². The lowest BCUT2D eigenvalue weighted by molar-refractivity contribution is -0.122. The van der Waals surface area contributed by atoms with E-state index in [2.05, 4.69) is 5.32 Å². The third kappa shape index (κ3) is 2.33. The molecule has 4 heteroatoms. The lowest BCUT2D eigenvalue weighted by Gasteiger charge is -2.17. The van der Waals surface area contributed by atoms with Crippen LogP contribution in [0.5, 0.6) is 5.75 Å². The number of hydrogen-bond acceptors (Lipinski definition) is 3. The molecule has 0 aliphatic rings. The molecule has 0 aliphatic heterocycles. The number of rotatable bonds is 3. The number of methoxy groups -OCH3 is 1. The van der Waals surface area contributed by atoms with Crippen molar-refractivity contribution in [2.24, 2.45) is 5.73 Å². The molecule has 4 nitrogen and oxygen atoms in total. The molecule has 16 heavy (non-hydrogen) atoms. The number of benzene rings is 1. The standard InChI is InChI=1S/C12H18N2O2/c1-7-5-8(2)10(9(6-7)16-4)11(13)12(15)14-3/h5-6,11H,13H2,1-4H3,(H,14,15). The number of ether oxygens (including phenoxy) is 1. The SMILES string of the molecule is CNC(=O)C(N)c1c(C)cc(C)cc1OC. The highest BCUT2D eigenvalue weighted by atomic mass is 16.5. The van der Waals surface area contributed by atoms with Gasteiger partial charge in [-0.2, -0.15) is 0 Å². The highest BCUT2D eigenvalue weighted by molar-refractivity contribution is 5.84. The lowest BCUT2D eigenvalue weighted by Crippen LogP contribution is -2.32. The number of hydrogen-bond donors (Lipinski definition) is 2. The van der Waals surface area contributed by atoms with Gasteiger partial charge in [-0.1, -0.05) is 6.07 Å². The molecule has 0 heterocycles. The van der Waals surface area contributed by atoms with Gasteiger partial charge in [-0.3, -0.25) is 4.79 Å². The van der Waals surface area contributed by atoms with Gasteiger partial charge < -0.3 is 15.8 Å². The molecule has 0 fully saturated rings. The van der Waals surface area contributed by atoms with Crippen molar-refractivity contribution in [2.45, 2.75) is 19.9 Å². The van der Waals surface area contributed by atoms with Crippen LogP contribution in [0.2, 0.25) is 0 Å². The van der Waals surface area contributed by atoms with Gasteiger partial charge in [0.1, 0.15) is 11.8 Å². The van der Waals surface area contributed by atoms with Crippen LogP contribution in [0.3, 0.4) is 0 Å². The first-order valence-corrected chi connectivity index (χ1v) is 5.13. The first kappa shape index (κ1) is 12.5. The Morgan fingerprint density at radius 2 is 2.06 bits per heavy atom. The maximum Gasteiger partial charge on any atom is 0.241 e. The van der Waals surface area contributed by atoms with Crippen molar-refractivity contribution in [3.8, 4) is 5.75 Å². The minimum atomic E-state index is -0.694. The maximum absolute atomic E-state index is 11.5. The quantitative estimate of drug-likeness (QED) is 0.803. The molecule has 1 unspecified atom stereocenters. The molecule has 0 aromatic heterocycles. The molecular formula is C12H18N2O2. The van der Waals surface area contributed by atoms with E-state index in [9.17, 15) is 4.79 Å². The summed E-state index contributed by atoms with van der Waals surface area (Å²) in [6.07, 6.45) is 0. The van der Waals surface area contributed by atoms with Gasteiger partial charge in [-0.15, -0.1) is 0 Å². The van der Waals surface area contributed by atoms with Crippen LogP contribution in [-0.4, -0.2) is 20.1 Å². The van der Waals surface area contributed by atoms with Crippen molar-refractivity contribution in [2.75, 3.05) is 14.2 Å². The Balaban J connectivity index is 3.26. The van der Waals surface area contributed by atoms with E-state index in [1.54, 1.807) is 14.2 Å². The summed E-state index contributed by atoms with van der Waals surface area (Å²) in [5.74, 6) is 0.443. The highest BCUT2D eigenvalue weighted by Gasteiger charge is 2.20. The average Bonchev–Trinajstić information content (AvgIpc) is 2.26. The molecule has 0 saturated carbocycles. The zero-order chi connectivity index (χ0) is 12.3. The van der Waals surface area contributed by atoms with Gasteiger partial charge in [0.05, 0.1) is 7.11 Å². The molecule has 88 valence electrons. The molecular weight excluding hydrogens is 204 g/mol. The van der Waals surface area contributed by atoms with E-state index in [0.717, 1.165) is 16.7 Å². The van der Waals surface area contributed by atoms with Crippen molar-refractivity contribution in [1.82, 2.24) is 5.32 Å². The highest BCUT2D eigenvalue weighted by Crippen LogP contribution is 2.28. The summed E-state index contributed by atoms with van der Waals surface area (Å²) >= 11 is 0. The summed E-state index contributed by atoms with van der Waals surface area (Å²) in [7, 11) is 3.15. The van der Waals surface area contributed by atoms with Gasteiger partial charge in [0.2, 0.25) is 5.91 Å². The van der Waals surface area contributed by atoms with E-state index < -0.39 is 6.04 Å². The third-order valence-electron chi connectivity index (χ3n) is 2.55. The predicted octanol–water partition coefficient (Wildman–Crippen LogP) is 1.06. The fourth-order valence-electron chi connectivity index (χ4n) is 1.79. The Bertz CT molecular complexity index is 402. The van der Waals surface area contributed by atoms with Gasteiger partial charge in [0.25, 0.3) is 0 Å². The van der Waals surface area contributed by atoms with Crippen molar-refractivity contribution in [1.29, 1.82) is 0 Å². The van der Waals surface area contributed by atoms with Gasteiger partial charge in [-0.05, 0) is 31.0 Å². The van der Waals surface area contributed by atoms with Crippen LogP contribution < -0.4 is 15.8 Å². The normalized spacial score (nSPS) is 12.1. The molecule has 0 bridgehead atoms. The number of carbonyl (C=O) groups is 1. The zero-order valence-corrected chi connectivity index (χ0v) is 10.1. The fraction of sp³-hybridized carbons (Fsp3) is 0.417. The zero-order valence-electron chi connectivity index (χ0n) is 10.1. The molecule has 3 N–H and O–H groups in total. The van der Waals surface area contributed by atoms with E-state index in [1.165, 1.54) is 0 Å². The molecule has 1 atom stereocenters. The van der Waals surface area contributed by atoms with E-state index in [-0.39, 0.29) is 5.91 Å². The smallest absolute Gasteiger partial charge is 0.241 e. The molecule has 1 aromatic carbocycles. The van der Waals surface area contributed by atoms with Crippen molar-refractivity contribution < 1.29 is 9.53 Å². The minimum absolute atomic E-state index is 0.217. The summed E-state index contributed by atoms with van der Waals surface area (Å²) in [5.41, 5.74) is 8.68. The van der Waals surface area contributed by atoms with Crippen LogP contribution in [0, 0.1) is 13.8 Å². The Morgan fingerprint density at radius 3 is 2.56 bits per heavy atom. The molecule has 0 spiro atoms. The van der Waals surface area contributed by atoms with Crippen molar-refractivity contribution in [3.63, 3.8) is 0 Å². The topological polar surface area (TPSA) is 64.4 Å². The van der Waals surface area contributed by atoms with Crippen molar-refractivity contribution in [3.05, 3.63) is 28.8 Å². The van der Waals surface area contributed by atoms with Crippen LogP contribution >= 0.6 is 0 Å². The fourth-order valence-corrected chi connectivity index (χ4v) is 1.79. The first-order chi connectivity index (χ1) is 7.51. The predicted molar refractivity (Wildman–Crippen MR) is 63.5 cm³/mol. The second kappa shape index (κ2) is 4.99. The second-order valence-electron chi connectivity index (χ2n) is 3.79. The van der Waals surface area contributed by atoms with E-state index in [1.807, 2.05) is 26.0 Å². The maximum atomic E-state index is 11.5. The summed E-state index contributed by atoms with van der Waals surface area (Å²) in [5, 5.41) is 2.54. The average molecular weight is 222 g/mol.